The smallest absolute Gasteiger partial charge is 0.215 e. The fraction of sp³-hybridized carbons (Fsp3) is 0.462. The molecule has 2 rings (SSSR count). The van der Waals surface area contributed by atoms with Crippen LogP contribution in [0, 0.1) is 17.2 Å². The zero-order chi connectivity index (χ0) is 13.7. The average Bonchev–Trinajstić information content (AvgIpc) is 2.89. The Labute approximate surface area is 113 Å². The van der Waals surface area contributed by atoms with Gasteiger partial charge in [0.15, 0.2) is 0 Å². The minimum Gasteiger partial charge on any atom is -0.316 e. The van der Waals surface area contributed by atoms with Crippen LogP contribution in [0.2, 0.25) is 0 Å². The van der Waals surface area contributed by atoms with Gasteiger partial charge in [-0.05, 0) is 43.1 Å². The van der Waals surface area contributed by atoms with Crippen molar-refractivity contribution in [2.45, 2.75) is 12.2 Å². The molecule has 0 amide bonds. The molecule has 2 N–H and O–H groups in total. The third-order valence-corrected chi connectivity index (χ3v) is 4.49. The van der Waals surface area contributed by atoms with Crippen LogP contribution in [0.3, 0.4) is 0 Å². The first-order valence-electron chi connectivity index (χ1n) is 6.26. The van der Waals surface area contributed by atoms with Crippen molar-refractivity contribution in [3.8, 4) is 6.07 Å². The summed E-state index contributed by atoms with van der Waals surface area (Å²) < 4.78 is 26.5. The van der Waals surface area contributed by atoms with Crippen molar-refractivity contribution in [2.24, 2.45) is 5.92 Å². The molecule has 0 saturated carbocycles. The summed E-state index contributed by atoms with van der Waals surface area (Å²) in [5, 5.41) is 12.0. The van der Waals surface area contributed by atoms with Gasteiger partial charge in [-0.3, -0.25) is 0 Å². The lowest BCUT2D eigenvalue weighted by molar-refractivity contribution is 0.538. The van der Waals surface area contributed by atoms with Crippen LogP contribution in [0.15, 0.2) is 24.3 Å². The van der Waals surface area contributed by atoms with Crippen LogP contribution < -0.4 is 10.0 Å². The zero-order valence-corrected chi connectivity index (χ0v) is 11.4. The highest BCUT2D eigenvalue weighted by Gasteiger charge is 2.18. The zero-order valence-electron chi connectivity index (χ0n) is 10.6. The fourth-order valence-corrected chi connectivity index (χ4v) is 3.34. The lowest BCUT2D eigenvalue weighted by Crippen LogP contribution is -2.31. The highest BCUT2D eigenvalue weighted by molar-refractivity contribution is 7.88. The molecule has 19 heavy (non-hydrogen) atoms. The SMILES string of the molecule is N#Cc1cccc(CS(=O)(=O)NCC2CCNC2)c1. The Hall–Kier alpha value is -1.42. The van der Waals surface area contributed by atoms with Gasteiger partial charge in [0, 0.05) is 6.54 Å². The van der Waals surface area contributed by atoms with Gasteiger partial charge < -0.3 is 5.32 Å². The first kappa shape index (κ1) is 14.0. The molecule has 0 bridgehead atoms. The first-order valence-corrected chi connectivity index (χ1v) is 7.91. The molecule has 1 aromatic carbocycles. The summed E-state index contributed by atoms with van der Waals surface area (Å²) in [6, 6.07) is 8.69. The summed E-state index contributed by atoms with van der Waals surface area (Å²) in [6.45, 7) is 2.30. The van der Waals surface area contributed by atoms with Crippen molar-refractivity contribution in [1.82, 2.24) is 10.0 Å². The summed E-state index contributed by atoms with van der Waals surface area (Å²) in [5.41, 5.74) is 1.11. The fourth-order valence-electron chi connectivity index (χ4n) is 2.13. The number of hydrogen-bond acceptors (Lipinski definition) is 4. The Morgan fingerprint density at radius 1 is 1.47 bits per heavy atom. The molecule has 1 saturated heterocycles. The van der Waals surface area contributed by atoms with E-state index in [1.807, 2.05) is 6.07 Å². The summed E-state index contributed by atoms with van der Waals surface area (Å²) >= 11 is 0. The van der Waals surface area contributed by atoms with E-state index in [2.05, 4.69) is 10.0 Å². The molecule has 5 nitrogen and oxygen atoms in total. The molecule has 1 heterocycles. The van der Waals surface area contributed by atoms with Crippen molar-refractivity contribution in [3.63, 3.8) is 0 Å². The molecule has 102 valence electrons. The molecule has 1 aliphatic heterocycles. The Bertz CT molecular complexity index is 572. The summed E-state index contributed by atoms with van der Waals surface area (Å²) in [7, 11) is -3.33. The molecule has 1 unspecified atom stereocenters. The quantitative estimate of drug-likeness (QED) is 0.826. The van der Waals surface area contributed by atoms with Crippen LogP contribution in [0.1, 0.15) is 17.5 Å². The molecule has 0 aromatic heterocycles. The molecule has 0 radical (unpaired) electrons. The monoisotopic (exact) mass is 279 g/mol. The number of benzene rings is 1. The van der Waals surface area contributed by atoms with Crippen molar-refractivity contribution in [3.05, 3.63) is 35.4 Å². The molecule has 0 aliphatic carbocycles. The van der Waals surface area contributed by atoms with E-state index in [-0.39, 0.29) is 5.75 Å². The summed E-state index contributed by atoms with van der Waals surface area (Å²) in [4.78, 5) is 0. The second-order valence-corrected chi connectivity index (χ2v) is 6.59. The van der Waals surface area contributed by atoms with E-state index in [1.165, 1.54) is 0 Å². The maximum atomic E-state index is 11.9. The molecule has 1 fully saturated rings. The Morgan fingerprint density at radius 2 is 2.32 bits per heavy atom. The van der Waals surface area contributed by atoms with E-state index >= 15 is 0 Å². The van der Waals surface area contributed by atoms with Gasteiger partial charge in [-0.25, -0.2) is 13.1 Å². The lowest BCUT2D eigenvalue weighted by Gasteiger charge is -2.10. The maximum Gasteiger partial charge on any atom is 0.215 e. The second kappa shape index (κ2) is 6.15. The van der Waals surface area contributed by atoms with Crippen molar-refractivity contribution < 1.29 is 8.42 Å². The van der Waals surface area contributed by atoms with E-state index < -0.39 is 10.0 Å². The van der Waals surface area contributed by atoms with E-state index in [1.54, 1.807) is 24.3 Å². The number of nitrogens with zero attached hydrogens (tertiary/aromatic N) is 1. The van der Waals surface area contributed by atoms with Gasteiger partial charge in [-0.2, -0.15) is 5.26 Å². The topological polar surface area (TPSA) is 82.0 Å². The first-order chi connectivity index (χ1) is 9.09. The van der Waals surface area contributed by atoms with E-state index in [0.29, 0.717) is 23.6 Å². The molecule has 1 atom stereocenters. The van der Waals surface area contributed by atoms with Gasteiger partial charge in [0.2, 0.25) is 10.0 Å². The minimum atomic E-state index is -3.33. The van der Waals surface area contributed by atoms with Crippen LogP contribution in [-0.4, -0.2) is 28.1 Å². The van der Waals surface area contributed by atoms with Crippen LogP contribution >= 0.6 is 0 Å². The number of nitriles is 1. The summed E-state index contributed by atoms with van der Waals surface area (Å²) in [6.07, 6.45) is 1.01. The highest BCUT2D eigenvalue weighted by atomic mass is 32.2. The highest BCUT2D eigenvalue weighted by Crippen LogP contribution is 2.10. The van der Waals surface area contributed by atoms with E-state index in [0.717, 1.165) is 19.5 Å². The minimum absolute atomic E-state index is 0.0807. The molecule has 0 spiro atoms. The van der Waals surface area contributed by atoms with E-state index in [9.17, 15) is 8.42 Å². The van der Waals surface area contributed by atoms with Gasteiger partial charge in [-0.15, -0.1) is 0 Å². The number of hydrogen-bond donors (Lipinski definition) is 2. The maximum absolute atomic E-state index is 11.9. The normalized spacial score (nSPS) is 19.2. The number of nitrogens with one attached hydrogen (secondary N) is 2. The Morgan fingerprint density at radius 3 is 3.00 bits per heavy atom. The predicted molar refractivity (Wildman–Crippen MR) is 72.8 cm³/mol. The Balaban J connectivity index is 1.94. The molecule has 1 aliphatic rings. The van der Waals surface area contributed by atoms with Crippen LogP contribution in [0.25, 0.3) is 0 Å². The van der Waals surface area contributed by atoms with Gasteiger partial charge in [-0.1, -0.05) is 12.1 Å². The van der Waals surface area contributed by atoms with Crippen molar-refractivity contribution in [2.75, 3.05) is 19.6 Å². The number of sulfonamides is 1. The van der Waals surface area contributed by atoms with Crippen LogP contribution in [-0.2, 0) is 15.8 Å². The lowest BCUT2D eigenvalue weighted by atomic mass is 10.1. The van der Waals surface area contributed by atoms with Crippen molar-refractivity contribution in [1.29, 1.82) is 5.26 Å². The van der Waals surface area contributed by atoms with Gasteiger partial charge in [0.25, 0.3) is 0 Å². The van der Waals surface area contributed by atoms with Gasteiger partial charge in [0.1, 0.15) is 0 Å². The largest absolute Gasteiger partial charge is 0.316 e. The molecular formula is C13H17N3O2S. The van der Waals surface area contributed by atoms with Crippen LogP contribution in [0.5, 0.6) is 0 Å². The predicted octanol–water partition coefficient (Wildman–Crippen LogP) is 0.587. The molecule has 6 heteroatoms. The van der Waals surface area contributed by atoms with E-state index in [4.69, 9.17) is 5.26 Å². The van der Waals surface area contributed by atoms with Gasteiger partial charge in [0.05, 0.1) is 17.4 Å². The molecule has 1 aromatic rings. The Kier molecular flexibility index (Phi) is 4.53. The summed E-state index contributed by atoms with van der Waals surface area (Å²) in [5.74, 6) is 0.295. The second-order valence-electron chi connectivity index (χ2n) is 4.78. The van der Waals surface area contributed by atoms with Crippen LogP contribution in [0.4, 0.5) is 0 Å². The standard InChI is InChI=1S/C13H17N3O2S/c14-7-11-2-1-3-12(6-11)10-19(17,18)16-9-13-4-5-15-8-13/h1-3,6,13,15-16H,4-5,8-10H2. The number of rotatable bonds is 5. The van der Waals surface area contributed by atoms with Crippen molar-refractivity contribution >= 4 is 10.0 Å². The average molecular weight is 279 g/mol. The molecular weight excluding hydrogens is 262 g/mol. The third-order valence-electron chi connectivity index (χ3n) is 3.17. The van der Waals surface area contributed by atoms with Gasteiger partial charge >= 0.3 is 0 Å². The third kappa shape index (κ3) is 4.31.